The van der Waals surface area contributed by atoms with Gasteiger partial charge >= 0.3 is 0 Å². The maximum Gasteiger partial charge on any atom is 0.228 e. The number of hydrogen-bond donors (Lipinski definition) is 1. The van der Waals surface area contributed by atoms with Gasteiger partial charge in [-0.3, -0.25) is 4.79 Å². The summed E-state index contributed by atoms with van der Waals surface area (Å²) in [4.78, 5) is 23.3. The lowest BCUT2D eigenvalue weighted by Gasteiger charge is -2.28. The standard InChI is InChI=1S/C16H19NO3/c1-2-11-6-5-7-12(10-11)17-15(18)13-8-3-4-9-14(13)16(19)20/h3-7,10,13-14H,2,8-9H2,1H3,(H,17,18)(H,19,20)/p-1. The predicted molar refractivity (Wildman–Crippen MR) is 74.8 cm³/mol. The quantitative estimate of drug-likeness (QED) is 0.845. The molecule has 20 heavy (non-hydrogen) atoms. The number of benzene rings is 1. The molecule has 1 aromatic carbocycles. The van der Waals surface area contributed by atoms with Gasteiger partial charge < -0.3 is 15.2 Å². The van der Waals surface area contributed by atoms with Gasteiger partial charge in [0.1, 0.15) is 0 Å². The zero-order valence-corrected chi connectivity index (χ0v) is 11.5. The lowest BCUT2D eigenvalue weighted by molar-refractivity contribution is -0.313. The Labute approximate surface area is 118 Å². The van der Waals surface area contributed by atoms with Crippen LogP contribution in [0.1, 0.15) is 25.3 Å². The van der Waals surface area contributed by atoms with Crippen LogP contribution in [0.25, 0.3) is 0 Å². The maximum atomic E-state index is 12.2. The van der Waals surface area contributed by atoms with Crippen molar-refractivity contribution in [3.63, 3.8) is 0 Å². The number of hydrogen-bond acceptors (Lipinski definition) is 3. The Morgan fingerprint density at radius 3 is 2.60 bits per heavy atom. The first kappa shape index (κ1) is 14.3. The number of carboxylic acids is 1. The summed E-state index contributed by atoms with van der Waals surface area (Å²) in [6.45, 7) is 2.04. The number of rotatable bonds is 4. The van der Waals surface area contributed by atoms with E-state index < -0.39 is 17.8 Å². The van der Waals surface area contributed by atoms with Crippen molar-refractivity contribution in [3.8, 4) is 0 Å². The van der Waals surface area contributed by atoms with Crippen LogP contribution in [0, 0.1) is 11.8 Å². The molecule has 1 aliphatic rings. The molecular formula is C16H18NO3-. The minimum atomic E-state index is -1.16. The summed E-state index contributed by atoms with van der Waals surface area (Å²) in [6, 6.07) is 7.59. The predicted octanol–water partition coefficient (Wildman–Crippen LogP) is 1.52. The number of carboxylic acid groups (broad SMARTS) is 1. The first-order valence-corrected chi connectivity index (χ1v) is 6.87. The van der Waals surface area contributed by atoms with Crippen molar-refractivity contribution in [1.29, 1.82) is 0 Å². The van der Waals surface area contributed by atoms with E-state index in [9.17, 15) is 14.7 Å². The van der Waals surface area contributed by atoms with Gasteiger partial charge in [-0.25, -0.2) is 0 Å². The largest absolute Gasteiger partial charge is 0.550 e. The average Bonchev–Trinajstić information content (AvgIpc) is 2.47. The molecule has 0 bridgehead atoms. The van der Waals surface area contributed by atoms with Crippen molar-refractivity contribution in [1.82, 2.24) is 0 Å². The molecule has 0 fully saturated rings. The molecule has 0 aromatic heterocycles. The Morgan fingerprint density at radius 2 is 1.95 bits per heavy atom. The summed E-state index contributed by atoms with van der Waals surface area (Å²) in [5.74, 6) is -2.71. The highest BCUT2D eigenvalue weighted by Crippen LogP contribution is 2.26. The SMILES string of the molecule is CCc1cccc(NC(=O)C2CC=CCC2C(=O)[O-])c1. The average molecular weight is 272 g/mol. The van der Waals surface area contributed by atoms with Crippen LogP contribution in [-0.2, 0) is 16.0 Å². The molecule has 4 heteroatoms. The Bertz CT molecular complexity index is 536. The molecule has 0 radical (unpaired) electrons. The number of carbonyl (C=O) groups is 2. The van der Waals surface area contributed by atoms with Gasteiger partial charge in [-0.1, -0.05) is 31.2 Å². The molecule has 0 saturated carbocycles. The van der Waals surface area contributed by atoms with Crippen molar-refractivity contribution in [2.75, 3.05) is 5.32 Å². The second-order valence-corrected chi connectivity index (χ2v) is 5.02. The summed E-state index contributed by atoms with van der Waals surface area (Å²) in [5, 5.41) is 13.9. The zero-order chi connectivity index (χ0) is 14.5. The van der Waals surface area contributed by atoms with Gasteiger partial charge in [-0.2, -0.15) is 0 Å². The molecule has 4 nitrogen and oxygen atoms in total. The smallest absolute Gasteiger partial charge is 0.228 e. The molecule has 106 valence electrons. The van der Waals surface area contributed by atoms with E-state index in [4.69, 9.17) is 0 Å². The van der Waals surface area contributed by atoms with E-state index in [2.05, 4.69) is 5.32 Å². The Morgan fingerprint density at radius 1 is 1.25 bits per heavy atom. The number of nitrogens with one attached hydrogen (secondary N) is 1. The Kier molecular flexibility index (Phi) is 4.56. The van der Waals surface area contributed by atoms with E-state index in [-0.39, 0.29) is 5.91 Å². The highest BCUT2D eigenvalue weighted by Gasteiger charge is 2.29. The first-order valence-electron chi connectivity index (χ1n) is 6.87. The summed E-state index contributed by atoms with van der Waals surface area (Å²) < 4.78 is 0. The highest BCUT2D eigenvalue weighted by atomic mass is 16.4. The van der Waals surface area contributed by atoms with E-state index in [1.807, 2.05) is 37.3 Å². The van der Waals surface area contributed by atoms with Crippen molar-refractivity contribution >= 4 is 17.6 Å². The van der Waals surface area contributed by atoms with Crippen LogP contribution in [0.2, 0.25) is 0 Å². The van der Waals surface area contributed by atoms with Gasteiger partial charge in [0, 0.05) is 17.6 Å². The molecule has 0 spiro atoms. The molecular weight excluding hydrogens is 254 g/mol. The van der Waals surface area contributed by atoms with Gasteiger partial charge in [0.2, 0.25) is 5.91 Å². The van der Waals surface area contributed by atoms with Gasteiger partial charge in [0.05, 0.1) is 5.92 Å². The second-order valence-electron chi connectivity index (χ2n) is 5.02. The van der Waals surface area contributed by atoms with Crippen molar-refractivity contribution in [2.24, 2.45) is 11.8 Å². The lowest BCUT2D eigenvalue weighted by atomic mass is 9.82. The lowest BCUT2D eigenvalue weighted by Crippen LogP contribution is -2.41. The molecule has 0 aliphatic heterocycles. The van der Waals surface area contributed by atoms with Crippen LogP contribution in [0.5, 0.6) is 0 Å². The van der Waals surface area contributed by atoms with Gasteiger partial charge in [-0.05, 0) is 37.0 Å². The zero-order valence-electron chi connectivity index (χ0n) is 11.5. The molecule has 1 aliphatic carbocycles. The molecule has 2 atom stereocenters. The van der Waals surface area contributed by atoms with Gasteiger partial charge in [0.25, 0.3) is 0 Å². The molecule has 0 saturated heterocycles. The monoisotopic (exact) mass is 272 g/mol. The number of anilines is 1. The summed E-state index contributed by atoms with van der Waals surface area (Å²) >= 11 is 0. The molecule has 2 unspecified atom stereocenters. The fourth-order valence-electron chi connectivity index (χ4n) is 2.47. The van der Waals surface area contributed by atoms with Crippen LogP contribution in [0.3, 0.4) is 0 Å². The van der Waals surface area contributed by atoms with Crippen LogP contribution in [-0.4, -0.2) is 11.9 Å². The summed E-state index contributed by atoms with van der Waals surface area (Å²) in [7, 11) is 0. The third-order valence-corrected chi connectivity index (χ3v) is 3.67. The normalized spacial score (nSPS) is 21.4. The molecule has 1 aromatic rings. The van der Waals surface area contributed by atoms with E-state index in [1.54, 1.807) is 6.08 Å². The van der Waals surface area contributed by atoms with E-state index in [0.29, 0.717) is 18.5 Å². The van der Waals surface area contributed by atoms with Crippen LogP contribution >= 0.6 is 0 Å². The van der Waals surface area contributed by atoms with E-state index in [1.165, 1.54) is 0 Å². The third-order valence-electron chi connectivity index (χ3n) is 3.67. The Hall–Kier alpha value is -2.10. The number of allylic oxidation sites excluding steroid dienone is 2. The number of aryl methyl sites for hydroxylation is 1. The highest BCUT2D eigenvalue weighted by molar-refractivity contribution is 5.95. The first-order chi connectivity index (χ1) is 9.61. The number of carbonyl (C=O) groups excluding carboxylic acids is 2. The summed E-state index contributed by atoms with van der Waals surface area (Å²) in [6.07, 6.45) is 5.33. The Balaban J connectivity index is 2.10. The topological polar surface area (TPSA) is 69.2 Å². The fourth-order valence-corrected chi connectivity index (χ4v) is 2.47. The number of aliphatic carboxylic acids is 1. The van der Waals surface area contributed by atoms with Crippen molar-refractivity contribution in [3.05, 3.63) is 42.0 Å². The van der Waals surface area contributed by atoms with Gasteiger partial charge in [-0.15, -0.1) is 0 Å². The second kappa shape index (κ2) is 6.37. The van der Waals surface area contributed by atoms with Crippen molar-refractivity contribution < 1.29 is 14.7 Å². The minimum absolute atomic E-state index is 0.253. The van der Waals surface area contributed by atoms with E-state index in [0.717, 1.165) is 12.0 Å². The minimum Gasteiger partial charge on any atom is -0.550 e. The molecule has 1 N–H and O–H groups in total. The van der Waals surface area contributed by atoms with Crippen LogP contribution in [0.4, 0.5) is 5.69 Å². The van der Waals surface area contributed by atoms with Crippen LogP contribution in [0.15, 0.2) is 36.4 Å². The maximum absolute atomic E-state index is 12.2. The van der Waals surface area contributed by atoms with Gasteiger partial charge in [0.15, 0.2) is 0 Å². The van der Waals surface area contributed by atoms with Crippen LogP contribution < -0.4 is 10.4 Å². The summed E-state index contributed by atoms with van der Waals surface area (Å²) in [5.41, 5.74) is 1.84. The molecule has 2 rings (SSSR count). The van der Waals surface area contributed by atoms with E-state index >= 15 is 0 Å². The molecule has 0 heterocycles. The number of amides is 1. The third kappa shape index (κ3) is 3.26. The van der Waals surface area contributed by atoms with Crippen molar-refractivity contribution in [2.45, 2.75) is 26.2 Å². The molecule has 1 amide bonds. The fraction of sp³-hybridized carbons (Fsp3) is 0.375.